The second-order valence-electron chi connectivity index (χ2n) is 6.70. The number of aryl methyl sites for hydroxylation is 2. The number of carbonyl (C=O) groups is 1. The zero-order valence-corrected chi connectivity index (χ0v) is 16.2. The molecule has 6 nitrogen and oxygen atoms in total. The largest absolute Gasteiger partial charge is 0.343 e. The van der Waals surface area contributed by atoms with Crippen LogP contribution in [0.4, 0.5) is 0 Å². The Hall–Kier alpha value is -2.99. The number of benzene rings is 1. The molecule has 7 heteroatoms. The number of amides is 1. The topological polar surface area (TPSA) is 63.9 Å². The first-order chi connectivity index (χ1) is 12.9. The molecule has 0 saturated carbocycles. The molecule has 3 heterocycles. The number of pyridine rings is 1. The van der Waals surface area contributed by atoms with Gasteiger partial charge in [-0.15, -0.1) is 0 Å². The van der Waals surface area contributed by atoms with E-state index >= 15 is 0 Å². The number of fused-ring (bicyclic) bond motifs is 3. The normalized spacial score (nSPS) is 11.3. The molecule has 136 valence electrons. The summed E-state index contributed by atoms with van der Waals surface area (Å²) in [4.78, 5) is 28.1. The molecule has 0 aliphatic heterocycles. The Morgan fingerprint density at radius 3 is 2.63 bits per heavy atom. The van der Waals surface area contributed by atoms with Crippen LogP contribution in [-0.4, -0.2) is 44.4 Å². The lowest BCUT2D eigenvalue weighted by Crippen LogP contribution is -2.23. The van der Waals surface area contributed by atoms with E-state index in [0.29, 0.717) is 22.2 Å². The predicted molar refractivity (Wildman–Crippen MR) is 107 cm³/mol. The van der Waals surface area contributed by atoms with Crippen LogP contribution in [0.25, 0.3) is 33.3 Å². The summed E-state index contributed by atoms with van der Waals surface area (Å²) < 4.78 is 1.95. The summed E-state index contributed by atoms with van der Waals surface area (Å²) >= 11 is 6.18. The highest BCUT2D eigenvalue weighted by atomic mass is 35.5. The maximum Gasteiger partial charge on any atom is 0.272 e. The summed E-state index contributed by atoms with van der Waals surface area (Å²) in [5.74, 6) is 0.326. The third-order valence-electron chi connectivity index (χ3n) is 4.56. The van der Waals surface area contributed by atoms with E-state index in [4.69, 9.17) is 16.6 Å². The number of aromatic nitrogens is 4. The Morgan fingerprint density at radius 1 is 1.15 bits per heavy atom. The summed E-state index contributed by atoms with van der Waals surface area (Å²) in [5, 5.41) is 2.27. The van der Waals surface area contributed by atoms with Gasteiger partial charge in [-0.25, -0.2) is 9.97 Å². The van der Waals surface area contributed by atoms with Crippen LogP contribution in [0.2, 0.25) is 5.02 Å². The third-order valence-corrected chi connectivity index (χ3v) is 4.80. The van der Waals surface area contributed by atoms with Crippen molar-refractivity contribution in [3.63, 3.8) is 0 Å². The lowest BCUT2D eigenvalue weighted by atomic mass is 10.1. The van der Waals surface area contributed by atoms with Gasteiger partial charge < -0.3 is 9.47 Å². The van der Waals surface area contributed by atoms with Crippen LogP contribution in [0.3, 0.4) is 0 Å². The van der Waals surface area contributed by atoms with Crippen LogP contribution < -0.4 is 0 Å². The van der Waals surface area contributed by atoms with Gasteiger partial charge in [0.2, 0.25) is 0 Å². The summed E-state index contributed by atoms with van der Waals surface area (Å²) in [6.45, 7) is 1.91. The van der Waals surface area contributed by atoms with E-state index in [-0.39, 0.29) is 5.91 Å². The van der Waals surface area contributed by atoms with Crippen molar-refractivity contribution >= 4 is 39.4 Å². The molecule has 1 aromatic carbocycles. The summed E-state index contributed by atoms with van der Waals surface area (Å²) in [6, 6.07) is 9.35. The molecule has 0 spiro atoms. The Labute approximate surface area is 161 Å². The lowest BCUT2D eigenvalue weighted by Gasteiger charge is -2.12. The van der Waals surface area contributed by atoms with Gasteiger partial charge in [0.1, 0.15) is 11.3 Å². The average molecular weight is 380 g/mol. The van der Waals surface area contributed by atoms with Crippen LogP contribution in [0.5, 0.6) is 0 Å². The van der Waals surface area contributed by atoms with E-state index in [0.717, 1.165) is 27.5 Å². The Balaban J connectivity index is 2.13. The minimum Gasteiger partial charge on any atom is -0.343 e. The predicted octanol–water partition coefficient (Wildman–Crippen LogP) is 3.85. The molecule has 0 aliphatic carbocycles. The number of hydrogen-bond donors (Lipinski definition) is 0. The van der Waals surface area contributed by atoms with Crippen LogP contribution in [0.15, 0.2) is 36.5 Å². The Bertz CT molecular complexity index is 1210. The molecular weight excluding hydrogens is 362 g/mol. The van der Waals surface area contributed by atoms with Crippen LogP contribution in [0, 0.1) is 6.92 Å². The fourth-order valence-electron chi connectivity index (χ4n) is 3.23. The molecule has 4 aromatic rings. The van der Waals surface area contributed by atoms with E-state index in [1.165, 1.54) is 4.90 Å². The molecule has 0 bridgehead atoms. The number of nitrogens with zero attached hydrogens (tertiary/aromatic N) is 5. The molecule has 0 aliphatic rings. The highest BCUT2D eigenvalue weighted by molar-refractivity contribution is 6.31. The fraction of sp³-hybridized carbons (Fsp3) is 0.200. The maximum atomic E-state index is 12.9. The number of carbonyl (C=O) groups excluding carboxylic acids is 1. The van der Waals surface area contributed by atoms with Crippen molar-refractivity contribution in [2.75, 3.05) is 14.1 Å². The van der Waals surface area contributed by atoms with E-state index in [9.17, 15) is 4.79 Å². The molecule has 1 amide bonds. The van der Waals surface area contributed by atoms with Crippen molar-refractivity contribution in [3.8, 4) is 11.4 Å². The number of rotatable bonds is 2. The minimum atomic E-state index is -0.170. The van der Waals surface area contributed by atoms with Crippen LogP contribution >= 0.6 is 11.6 Å². The van der Waals surface area contributed by atoms with E-state index in [1.54, 1.807) is 20.3 Å². The zero-order chi connectivity index (χ0) is 19.3. The molecule has 0 N–H and O–H groups in total. The number of halogens is 1. The van der Waals surface area contributed by atoms with Crippen LogP contribution in [-0.2, 0) is 7.05 Å². The lowest BCUT2D eigenvalue weighted by molar-refractivity contribution is 0.0824. The van der Waals surface area contributed by atoms with Crippen molar-refractivity contribution < 1.29 is 4.79 Å². The molecule has 0 saturated heterocycles. The first-order valence-corrected chi connectivity index (χ1v) is 8.85. The van der Waals surface area contributed by atoms with Crippen molar-refractivity contribution in [1.29, 1.82) is 0 Å². The maximum absolute atomic E-state index is 12.9. The second kappa shape index (κ2) is 6.32. The second-order valence-corrected chi connectivity index (χ2v) is 7.14. The fourth-order valence-corrected chi connectivity index (χ4v) is 3.39. The standard InChI is InChI=1S/C20H18ClN5O/c1-11-9-12(7-8-22-11)18-23-17(20(27)25(2)3)16-14-6-5-13(21)10-15(14)26(4)19(16)24-18/h5-10H,1-4H3. The Kier molecular flexibility index (Phi) is 4.08. The first-order valence-electron chi connectivity index (χ1n) is 8.47. The molecular formula is C20H18ClN5O. The van der Waals surface area contributed by atoms with Gasteiger partial charge in [0.05, 0.1) is 10.9 Å². The highest BCUT2D eigenvalue weighted by Gasteiger charge is 2.22. The summed E-state index contributed by atoms with van der Waals surface area (Å²) in [7, 11) is 5.35. The molecule has 0 fully saturated rings. The number of hydrogen-bond acceptors (Lipinski definition) is 4. The van der Waals surface area contributed by atoms with Crippen molar-refractivity contribution in [2.24, 2.45) is 7.05 Å². The van der Waals surface area contributed by atoms with E-state index in [1.807, 2.05) is 48.9 Å². The molecule has 0 radical (unpaired) electrons. The van der Waals surface area contributed by atoms with E-state index in [2.05, 4.69) is 9.97 Å². The SMILES string of the molecule is Cc1cc(-c2nc(C(=O)N(C)C)c3c4ccc(Cl)cc4n(C)c3n2)ccn1. The summed E-state index contributed by atoms with van der Waals surface area (Å²) in [6.07, 6.45) is 1.72. The molecule has 0 unspecified atom stereocenters. The minimum absolute atomic E-state index is 0.170. The van der Waals surface area contributed by atoms with Gasteiger partial charge >= 0.3 is 0 Å². The van der Waals surface area contributed by atoms with Crippen LogP contribution in [0.1, 0.15) is 16.2 Å². The van der Waals surface area contributed by atoms with Crippen molar-refractivity contribution in [1.82, 2.24) is 24.4 Å². The quantitative estimate of drug-likeness (QED) is 0.530. The molecule has 4 rings (SSSR count). The Morgan fingerprint density at radius 2 is 1.93 bits per heavy atom. The van der Waals surface area contributed by atoms with Crippen molar-refractivity contribution in [2.45, 2.75) is 6.92 Å². The smallest absolute Gasteiger partial charge is 0.272 e. The monoisotopic (exact) mass is 379 g/mol. The zero-order valence-electron chi connectivity index (χ0n) is 15.5. The van der Waals surface area contributed by atoms with Gasteiger partial charge in [-0.2, -0.15) is 0 Å². The van der Waals surface area contributed by atoms with Gasteiger partial charge in [0.15, 0.2) is 5.82 Å². The van der Waals surface area contributed by atoms with E-state index < -0.39 is 0 Å². The molecule has 3 aromatic heterocycles. The van der Waals surface area contributed by atoms with Gasteiger partial charge in [-0.1, -0.05) is 17.7 Å². The molecule has 0 atom stereocenters. The van der Waals surface area contributed by atoms with Gasteiger partial charge in [-0.05, 0) is 31.2 Å². The van der Waals surface area contributed by atoms with Gasteiger partial charge in [0, 0.05) is 49.0 Å². The third kappa shape index (κ3) is 2.82. The first kappa shape index (κ1) is 17.4. The van der Waals surface area contributed by atoms with Crippen molar-refractivity contribution in [3.05, 3.63) is 52.9 Å². The average Bonchev–Trinajstić information content (AvgIpc) is 2.92. The highest BCUT2D eigenvalue weighted by Crippen LogP contribution is 2.32. The molecule has 27 heavy (non-hydrogen) atoms. The van der Waals surface area contributed by atoms with Gasteiger partial charge in [0.25, 0.3) is 5.91 Å². The van der Waals surface area contributed by atoms with Gasteiger partial charge in [-0.3, -0.25) is 9.78 Å². The summed E-state index contributed by atoms with van der Waals surface area (Å²) in [5.41, 5.74) is 3.66.